The second-order valence-corrected chi connectivity index (χ2v) is 6.37. The molecular formula is C9H10N6O3S2. The summed E-state index contributed by atoms with van der Waals surface area (Å²) >= 11 is 2.59. The number of amides is 1. The number of carbonyl (C=O) groups excluding carboxylic acids is 1. The van der Waals surface area contributed by atoms with E-state index in [-0.39, 0.29) is 17.0 Å². The van der Waals surface area contributed by atoms with Crippen molar-refractivity contribution in [3.8, 4) is 0 Å². The van der Waals surface area contributed by atoms with Crippen molar-refractivity contribution in [1.82, 2.24) is 25.1 Å². The molecule has 20 heavy (non-hydrogen) atoms. The number of thioether (sulfide) groups is 2. The molecule has 0 bridgehead atoms. The molecule has 1 aromatic heterocycles. The largest absolute Gasteiger partial charge is 0.477 e. The number of fused-ring (bicyclic) bond motifs is 1. The minimum Gasteiger partial charge on any atom is -0.477 e. The van der Waals surface area contributed by atoms with E-state index < -0.39 is 12.0 Å². The van der Waals surface area contributed by atoms with Crippen molar-refractivity contribution in [3.05, 3.63) is 10.6 Å². The molecule has 2 aliphatic rings. The number of β-lactam (4-membered cyclic amide) rings is 1. The number of hydrogen-bond donors (Lipinski definition) is 2. The van der Waals surface area contributed by atoms with Crippen LogP contribution in [0.1, 0.15) is 0 Å². The molecule has 9 nitrogen and oxygen atoms in total. The lowest BCUT2D eigenvalue weighted by Gasteiger charge is -2.47. The standard InChI is InChI=1S/C9H10N6O3S2/c1-14-9(11-12-13-14)20-3-2-19-7-4(10)6(16)15(7)5(3)8(17)18/h4,7H,2,10H2,1H3,(H,17,18)/t4-,7-/m1/s1. The van der Waals surface area contributed by atoms with E-state index in [4.69, 9.17) is 5.73 Å². The molecule has 3 heterocycles. The maximum absolute atomic E-state index is 11.8. The molecule has 0 unspecified atom stereocenters. The summed E-state index contributed by atoms with van der Waals surface area (Å²) in [7, 11) is 1.66. The summed E-state index contributed by atoms with van der Waals surface area (Å²) in [5.41, 5.74) is 5.65. The summed E-state index contributed by atoms with van der Waals surface area (Å²) < 4.78 is 1.44. The first kappa shape index (κ1) is 13.4. The van der Waals surface area contributed by atoms with Crippen molar-refractivity contribution in [3.63, 3.8) is 0 Å². The van der Waals surface area contributed by atoms with Gasteiger partial charge in [-0.2, -0.15) is 0 Å². The fourth-order valence-electron chi connectivity index (χ4n) is 1.98. The molecule has 1 saturated heterocycles. The molecule has 3 rings (SSSR count). The Hall–Kier alpha value is -1.59. The molecule has 0 aromatic carbocycles. The predicted molar refractivity (Wildman–Crippen MR) is 70.4 cm³/mol. The number of aromatic nitrogens is 4. The van der Waals surface area contributed by atoms with Crippen LogP contribution in [0.5, 0.6) is 0 Å². The first-order valence-corrected chi connectivity index (χ1v) is 7.44. The summed E-state index contributed by atoms with van der Waals surface area (Å²) in [6, 6.07) is -0.627. The van der Waals surface area contributed by atoms with E-state index in [0.717, 1.165) is 11.8 Å². The second-order valence-electron chi connectivity index (χ2n) is 4.20. The molecule has 3 N–H and O–H groups in total. The lowest BCUT2D eigenvalue weighted by molar-refractivity contribution is -0.147. The van der Waals surface area contributed by atoms with Crippen molar-refractivity contribution in [2.75, 3.05) is 5.75 Å². The average Bonchev–Trinajstić information content (AvgIpc) is 2.82. The van der Waals surface area contributed by atoms with E-state index in [1.807, 2.05) is 0 Å². The fraction of sp³-hybridized carbons (Fsp3) is 0.444. The number of carboxylic acid groups (broad SMARTS) is 1. The molecule has 11 heteroatoms. The Balaban J connectivity index is 1.96. The molecule has 1 amide bonds. The molecule has 2 atom stereocenters. The summed E-state index contributed by atoms with van der Waals surface area (Å²) in [5, 5.41) is 20.5. The second kappa shape index (κ2) is 4.75. The molecule has 0 spiro atoms. The Kier molecular flexibility index (Phi) is 3.18. The number of carboxylic acids is 1. The van der Waals surface area contributed by atoms with E-state index >= 15 is 0 Å². The van der Waals surface area contributed by atoms with Crippen LogP contribution in [0.2, 0.25) is 0 Å². The normalized spacial score (nSPS) is 25.5. The fourth-order valence-corrected chi connectivity index (χ4v) is 4.31. The van der Waals surface area contributed by atoms with E-state index in [1.165, 1.54) is 21.3 Å². The van der Waals surface area contributed by atoms with Gasteiger partial charge >= 0.3 is 5.97 Å². The van der Waals surface area contributed by atoms with Crippen molar-refractivity contribution in [2.24, 2.45) is 12.8 Å². The van der Waals surface area contributed by atoms with Crippen LogP contribution in [-0.2, 0) is 16.6 Å². The molecule has 2 aliphatic heterocycles. The van der Waals surface area contributed by atoms with Crippen LogP contribution in [0.15, 0.2) is 15.8 Å². The molecule has 1 fully saturated rings. The van der Waals surface area contributed by atoms with Gasteiger partial charge in [0.05, 0.1) is 0 Å². The van der Waals surface area contributed by atoms with Crippen molar-refractivity contribution in [1.29, 1.82) is 0 Å². The first-order chi connectivity index (χ1) is 9.50. The van der Waals surface area contributed by atoms with Crippen molar-refractivity contribution >= 4 is 35.4 Å². The number of aryl methyl sites for hydroxylation is 1. The van der Waals surface area contributed by atoms with Gasteiger partial charge in [-0.05, 0) is 22.2 Å². The highest BCUT2D eigenvalue weighted by Crippen LogP contribution is 2.43. The quantitative estimate of drug-likeness (QED) is 0.664. The van der Waals surface area contributed by atoms with Gasteiger partial charge in [0.15, 0.2) is 0 Å². The highest BCUT2D eigenvalue weighted by Gasteiger charge is 2.52. The van der Waals surface area contributed by atoms with Gasteiger partial charge in [0.25, 0.3) is 0 Å². The van der Waals surface area contributed by atoms with Gasteiger partial charge < -0.3 is 10.8 Å². The van der Waals surface area contributed by atoms with E-state index in [0.29, 0.717) is 15.8 Å². The highest BCUT2D eigenvalue weighted by molar-refractivity contribution is 8.06. The number of rotatable bonds is 3. The number of tetrazole rings is 1. The van der Waals surface area contributed by atoms with E-state index in [2.05, 4.69) is 15.5 Å². The number of hydrogen-bond acceptors (Lipinski definition) is 8. The number of nitrogens with two attached hydrogens (primary N) is 1. The predicted octanol–water partition coefficient (Wildman–Crippen LogP) is -1.16. The Labute approximate surface area is 121 Å². The van der Waals surface area contributed by atoms with Crippen LogP contribution in [0.4, 0.5) is 0 Å². The average molecular weight is 314 g/mol. The molecule has 106 valence electrons. The maximum atomic E-state index is 11.8. The maximum Gasteiger partial charge on any atom is 0.353 e. The number of aliphatic carboxylic acids is 1. The third-order valence-electron chi connectivity index (χ3n) is 2.97. The van der Waals surface area contributed by atoms with Gasteiger partial charge in [0.2, 0.25) is 11.1 Å². The summed E-state index contributed by atoms with van der Waals surface area (Å²) in [6.45, 7) is 0. The van der Waals surface area contributed by atoms with Gasteiger partial charge in [-0.25, -0.2) is 9.48 Å². The minimum absolute atomic E-state index is 0.0200. The summed E-state index contributed by atoms with van der Waals surface area (Å²) in [5.74, 6) is -1.05. The summed E-state index contributed by atoms with van der Waals surface area (Å²) in [4.78, 5) is 25.0. The van der Waals surface area contributed by atoms with E-state index in [1.54, 1.807) is 7.05 Å². The number of carbonyl (C=O) groups is 2. The lowest BCUT2D eigenvalue weighted by Crippen LogP contribution is -2.68. The Morgan fingerprint density at radius 1 is 1.60 bits per heavy atom. The molecular weight excluding hydrogens is 304 g/mol. The zero-order chi connectivity index (χ0) is 14.4. The van der Waals surface area contributed by atoms with Crippen LogP contribution >= 0.6 is 23.5 Å². The van der Waals surface area contributed by atoms with Gasteiger partial charge in [-0.3, -0.25) is 9.69 Å². The van der Waals surface area contributed by atoms with Gasteiger partial charge in [-0.1, -0.05) is 0 Å². The highest BCUT2D eigenvalue weighted by atomic mass is 32.2. The smallest absolute Gasteiger partial charge is 0.353 e. The SMILES string of the molecule is Cn1nnnc1SC1=C(C(=O)O)N2C(=O)[C@@H](N)[C@H]2SC1. The minimum atomic E-state index is -1.15. The van der Waals surface area contributed by atoms with Crippen LogP contribution in [-0.4, -0.2) is 59.3 Å². The summed E-state index contributed by atoms with van der Waals surface area (Å²) in [6.07, 6.45) is 0. The Morgan fingerprint density at radius 3 is 2.95 bits per heavy atom. The third-order valence-corrected chi connectivity index (χ3v) is 5.57. The number of nitrogens with zero attached hydrogens (tertiary/aromatic N) is 5. The van der Waals surface area contributed by atoms with Gasteiger partial charge in [0.1, 0.15) is 17.1 Å². The topological polar surface area (TPSA) is 127 Å². The van der Waals surface area contributed by atoms with Crippen LogP contribution < -0.4 is 5.73 Å². The lowest BCUT2D eigenvalue weighted by atomic mass is 10.1. The zero-order valence-electron chi connectivity index (χ0n) is 10.3. The molecule has 0 aliphatic carbocycles. The zero-order valence-corrected chi connectivity index (χ0v) is 11.9. The monoisotopic (exact) mass is 314 g/mol. The van der Waals surface area contributed by atoms with Crippen LogP contribution in [0.25, 0.3) is 0 Å². The van der Waals surface area contributed by atoms with Gasteiger partial charge in [0, 0.05) is 17.7 Å². The third kappa shape index (κ3) is 1.89. The first-order valence-electron chi connectivity index (χ1n) is 5.57. The van der Waals surface area contributed by atoms with E-state index in [9.17, 15) is 14.7 Å². The molecule has 0 saturated carbocycles. The van der Waals surface area contributed by atoms with Crippen LogP contribution in [0, 0.1) is 0 Å². The molecule has 0 radical (unpaired) electrons. The van der Waals surface area contributed by atoms with Crippen molar-refractivity contribution in [2.45, 2.75) is 16.6 Å². The van der Waals surface area contributed by atoms with Crippen LogP contribution in [0.3, 0.4) is 0 Å². The van der Waals surface area contributed by atoms with Gasteiger partial charge in [-0.15, -0.1) is 16.9 Å². The molecule has 1 aromatic rings. The Bertz CT molecular complexity index is 629. The Morgan fingerprint density at radius 2 is 2.35 bits per heavy atom. The van der Waals surface area contributed by atoms with Crippen molar-refractivity contribution < 1.29 is 14.7 Å².